The van der Waals surface area contributed by atoms with E-state index in [1.807, 2.05) is 37.3 Å². The number of carbonyl (C=O) groups excluding carboxylic acids is 1. The minimum absolute atomic E-state index is 0.267. The molecule has 0 radical (unpaired) electrons. The molecule has 5 rings (SSSR count). The fourth-order valence-corrected chi connectivity index (χ4v) is 4.72. The van der Waals surface area contributed by atoms with Crippen molar-refractivity contribution in [3.05, 3.63) is 69.6 Å². The number of aryl methyl sites for hydroxylation is 1. The van der Waals surface area contributed by atoms with Crippen molar-refractivity contribution in [3.63, 3.8) is 0 Å². The van der Waals surface area contributed by atoms with E-state index in [9.17, 15) is 9.59 Å². The Morgan fingerprint density at radius 1 is 1.19 bits per heavy atom. The Morgan fingerprint density at radius 2 is 1.97 bits per heavy atom. The van der Waals surface area contributed by atoms with E-state index in [-0.39, 0.29) is 11.1 Å². The first kappa shape index (κ1) is 20.1. The molecule has 2 aromatic heterocycles. The molecule has 0 saturated carbocycles. The summed E-state index contributed by atoms with van der Waals surface area (Å²) in [6.45, 7) is 2.74. The average Bonchev–Trinajstić information content (AvgIpc) is 3.17. The van der Waals surface area contributed by atoms with Gasteiger partial charge in [0.1, 0.15) is 24.4 Å². The van der Waals surface area contributed by atoms with Gasteiger partial charge < -0.3 is 14.2 Å². The van der Waals surface area contributed by atoms with Gasteiger partial charge in [-0.05, 0) is 24.6 Å². The first-order valence-electron chi connectivity index (χ1n) is 9.92. The highest BCUT2D eigenvalue weighted by atomic mass is 32.1. The van der Waals surface area contributed by atoms with Crippen molar-refractivity contribution < 1.29 is 19.0 Å². The van der Waals surface area contributed by atoms with Crippen molar-refractivity contribution in [2.45, 2.75) is 6.92 Å². The molecular formula is C23H19N3O5S. The highest BCUT2D eigenvalue weighted by Crippen LogP contribution is 2.40. The third-order valence-electron chi connectivity index (χ3n) is 5.16. The van der Waals surface area contributed by atoms with Crippen molar-refractivity contribution in [1.82, 2.24) is 9.66 Å². The highest BCUT2D eigenvalue weighted by Gasteiger charge is 2.22. The topological polar surface area (TPSA) is 91.7 Å². The molecule has 2 aromatic carbocycles. The van der Waals surface area contributed by atoms with Crippen molar-refractivity contribution in [2.24, 2.45) is 0 Å². The number of ether oxygens (including phenoxy) is 3. The van der Waals surface area contributed by atoms with Gasteiger partial charge in [-0.2, -0.15) is 0 Å². The number of amides is 1. The maximum absolute atomic E-state index is 13.3. The van der Waals surface area contributed by atoms with Crippen molar-refractivity contribution >= 4 is 27.5 Å². The van der Waals surface area contributed by atoms with Crippen LogP contribution >= 0.6 is 11.3 Å². The molecule has 32 heavy (non-hydrogen) atoms. The number of nitrogens with one attached hydrogen (secondary N) is 1. The lowest BCUT2D eigenvalue weighted by atomic mass is 10.0. The zero-order valence-corrected chi connectivity index (χ0v) is 18.2. The van der Waals surface area contributed by atoms with E-state index in [1.165, 1.54) is 24.8 Å². The summed E-state index contributed by atoms with van der Waals surface area (Å²) in [5.41, 5.74) is 4.29. The maximum atomic E-state index is 13.3. The average molecular weight is 449 g/mol. The summed E-state index contributed by atoms with van der Waals surface area (Å²) in [6.07, 6.45) is 1.32. The molecule has 0 saturated heterocycles. The van der Waals surface area contributed by atoms with Gasteiger partial charge in [0, 0.05) is 16.0 Å². The number of rotatable bonds is 4. The summed E-state index contributed by atoms with van der Waals surface area (Å²) in [7, 11) is 1.49. The van der Waals surface area contributed by atoms with E-state index in [0.717, 1.165) is 20.7 Å². The molecule has 162 valence electrons. The van der Waals surface area contributed by atoms with Crippen LogP contribution in [0.2, 0.25) is 0 Å². The number of hydrogen-bond acceptors (Lipinski definition) is 7. The number of fused-ring (bicyclic) bond motifs is 2. The largest absolute Gasteiger partial charge is 0.493 e. The number of hydrogen-bond donors (Lipinski definition) is 1. The summed E-state index contributed by atoms with van der Waals surface area (Å²) < 4.78 is 17.6. The molecule has 0 fully saturated rings. The van der Waals surface area contributed by atoms with Crippen LogP contribution < -0.4 is 25.2 Å². The third-order valence-corrected chi connectivity index (χ3v) is 6.18. The summed E-state index contributed by atoms with van der Waals surface area (Å²) in [4.78, 5) is 32.3. The Bertz CT molecular complexity index is 1380. The monoisotopic (exact) mass is 449 g/mol. The lowest BCUT2D eigenvalue weighted by Gasteiger charge is -2.21. The van der Waals surface area contributed by atoms with E-state index >= 15 is 0 Å². The summed E-state index contributed by atoms with van der Waals surface area (Å²) >= 11 is 1.45. The van der Waals surface area contributed by atoms with Crippen LogP contribution in [-0.2, 0) is 0 Å². The van der Waals surface area contributed by atoms with Crippen LogP contribution in [0.15, 0.2) is 53.6 Å². The van der Waals surface area contributed by atoms with Gasteiger partial charge in [0.05, 0.1) is 12.5 Å². The molecule has 1 N–H and O–H groups in total. The second-order valence-corrected chi connectivity index (χ2v) is 8.35. The number of carbonyl (C=O) groups is 1. The zero-order chi connectivity index (χ0) is 22.2. The van der Waals surface area contributed by atoms with Crippen LogP contribution in [0, 0.1) is 6.92 Å². The molecule has 8 nitrogen and oxygen atoms in total. The smallest absolute Gasteiger partial charge is 0.281 e. The lowest BCUT2D eigenvalue weighted by Crippen LogP contribution is -2.33. The predicted octanol–water partition coefficient (Wildman–Crippen LogP) is 3.60. The van der Waals surface area contributed by atoms with Crippen LogP contribution in [0.3, 0.4) is 0 Å². The molecule has 0 atom stereocenters. The fraction of sp³-hybridized carbons (Fsp3) is 0.174. The maximum Gasteiger partial charge on any atom is 0.281 e. The summed E-state index contributed by atoms with van der Waals surface area (Å²) in [5, 5.41) is 0.473. The SMILES string of the molecule is COc1cc(C(=O)Nn2cnc3sc(C)c(-c4ccccc4)c3c2=O)cc2c1OCCO2. The Kier molecular flexibility index (Phi) is 5.02. The lowest BCUT2D eigenvalue weighted by molar-refractivity contribution is 0.100. The van der Waals surface area contributed by atoms with E-state index in [0.29, 0.717) is 40.7 Å². The number of aromatic nitrogens is 2. The third kappa shape index (κ3) is 3.36. The van der Waals surface area contributed by atoms with E-state index < -0.39 is 5.91 Å². The van der Waals surface area contributed by atoms with Gasteiger partial charge in [-0.3, -0.25) is 15.0 Å². The van der Waals surface area contributed by atoms with Crippen molar-refractivity contribution in [2.75, 3.05) is 25.7 Å². The van der Waals surface area contributed by atoms with Gasteiger partial charge in [-0.25, -0.2) is 9.66 Å². The van der Waals surface area contributed by atoms with Crippen LogP contribution in [0.1, 0.15) is 15.2 Å². The van der Waals surface area contributed by atoms with E-state index in [4.69, 9.17) is 14.2 Å². The number of methoxy groups -OCH3 is 1. The van der Waals surface area contributed by atoms with Crippen LogP contribution in [0.25, 0.3) is 21.3 Å². The first-order chi connectivity index (χ1) is 15.6. The minimum Gasteiger partial charge on any atom is -0.493 e. The van der Waals surface area contributed by atoms with Crippen molar-refractivity contribution in [3.8, 4) is 28.4 Å². The number of thiophene rings is 1. The molecule has 1 amide bonds. The van der Waals surface area contributed by atoms with E-state index in [2.05, 4.69) is 10.4 Å². The number of nitrogens with zero attached hydrogens (tertiary/aromatic N) is 2. The molecule has 9 heteroatoms. The second-order valence-electron chi connectivity index (χ2n) is 7.14. The van der Waals surface area contributed by atoms with Crippen LogP contribution in [0.4, 0.5) is 0 Å². The van der Waals surface area contributed by atoms with Gasteiger partial charge in [0.2, 0.25) is 5.75 Å². The molecule has 1 aliphatic heterocycles. The minimum atomic E-state index is -0.503. The Morgan fingerprint density at radius 3 is 2.75 bits per heavy atom. The molecule has 1 aliphatic rings. The molecule has 3 heterocycles. The fourth-order valence-electron chi connectivity index (χ4n) is 3.71. The molecular weight excluding hydrogens is 430 g/mol. The molecule has 4 aromatic rings. The van der Waals surface area contributed by atoms with Gasteiger partial charge >= 0.3 is 0 Å². The molecule has 0 spiro atoms. The van der Waals surface area contributed by atoms with Crippen LogP contribution in [0.5, 0.6) is 17.2 Å². The molecule has 0 aliphatic carbocycles. The van der Waals surface area contributed by atoms with Gasteiger partial charge in [-0.1, -0.05) is 30.3 Å². The standard InChI is InChI=1S/C23H19N3O5S/c1-13-18(14-6-4-3-5-7-14)19-22(32-13)24-12-26(23(19)28)25-21(27)15-10-16(29-2)20-17(11-15)30-8-9-31-20/h3-7,10-12H,8-9H2,1-2H3,(H,25,27). The Balaban J connectivity index is 1.55. The van der Waals surface area contributed by atoms with Gasteiger partial charge in [0.25, 0.3) is 11.5 Å². The van der Waals surface area contributed by atoms with Gasteiger partial charge in [-0.15, -0.1) is 11.3 Å². The number of benzene rings is 2. The molecule has 0 unspecified atom stereocenters. The summed E-state index contributed by atoms with van der Waals surface area (Å²) in [5.74, 6) is 0.753. The Hall–Kier alpha value is -3.85. The second kappa shape index (κ2) is 8.01. The van der Waals surface area contributed by atoms with Crippen molar-refractivity contribution in [1.29, 1.82) is 0 Å². The zero-order valence-electron chi connectivity index (χ0n) is 17.4. The van der Waals surface area contributed by atoms with Gasteiger partial charge in [0.15, 0.2) is 11.5 Å². The summed E-state index contributed by atoms with van der Waals surface area (Å²) in [6, 6.07) is 12.8. The first-order valence-corrected chi connectivity index (χ1v) is 10.7. The highest BCUT2D eigenvalue weighted by molar-refractivity contribution is 7.19. The predicted molar refractivity (Wildman–Crippen MR) is 122 cm³/mol. The molecule has 0 bridgehead atoms. The van der Waals surface area contributed by atoms with E-state index in [1.54, 1.807) is 12.1 Å². The Labute approximate surface area is 187 Å². The quantitative estimate of drug-likeness (QED) is 0.512. The normalized spacial score (nSPS) is 12.6. The van der Waals surface area contributed by atoms with Crippen LogP contribution in [-0.4, -0.2) is 35.9 Å².